The molecule has 0 aromatic rings. The summed E-state index contributed by atoms with van der Waals surface area (Å²) in [5.74, 6) is 0.818. The number of carbonyl (C=O) groups is 1. The fourth-order valence-corrected chi connectivity index (χ4v) is 1.98. The minimum Gasteiger partial charge on any atom is -0.353 e. The van der Waals surface area contributed by atoms with E-state index < -0.39 is 5.54 Å². The van der Waals surface area contributed by atoms with Gasteiger partial charge in [-0.3, -0.25) is 4.79 Å². The summed E-state index contributed by atoms with van der Waals surface area (Å²) in [7, 11) is 0. The Hall–Kier alpha value is -0.610. The van der Waals surface area contributed by atoms with Gasteiger partial charge in [-0.1, -0.05) is 13.8 Å². The largest absolute Gasteiger partial charge is 0.353 e. The Morgan fingerprint density at radius 2 is 2.06 bits per heavy atom. The van der Waals surface area contributed by atoms with Crippen molar-refractivity contribution in [1.29, 1.82) is 0 Å². The van der Waals surface area contributed by atoms with Crippen molar-refractivity contribution in [2.45, 2.75) is 45.6 Å². The quantitative estimate of drug-likeness (QED) is 0.754. The molecule has 0 aromatic carbocycles. The summed E-state index contributed by atoms with van der Waals surface area (Å²) in [5.41, 5.74) is 5.15. The van der Waals surface area contributed by atoms with Gasteiger partial charge in [0.15, 0.2) is 0 Å². The van der Waals surface area contributed by atoms with Gasteiger partial charge in [0.1, 0.15) is 0 Å². The average molecular weight is 241 g/mol. The van der Waals surface area contributed by atoms with Gasteiger partial charge in [0.2, 0.25) is 5.91 Å². The number of piperidine rings is 1. The van der Waals surface area contributed by atoms with E-state index in [9.17, 15) is 4.79 Å². The molecule has 0 radical (unpaired) electrons. The minimum absolute atomic E-state index is 0.0367. The highest BCUT2D eigenvalue weighted by molar-refractivity contribution is 5.85. The van der Waals surface area contributed by atoms with E-state index in [0.29, 0.717) is 13.0 Å². The standard InChI is InChI=1S/C13H27N3O/c1-4-13(3,14)12(17)15-7-10-16-8-5-11(2)6-9-16/h11H,4-10,14H2,1-3H3,(H,15,17). The van der Waals surface area contributed by atoms with Crippen LogP contribution in [-0.4, -0.2) is 42.5 Å². The van der Waals surface area contributed by atoms with E-state index >= 15 is 0 Å². The Balaban J connectivity index is 2.18. The molecule has 4 nitrogen and oxygen atoms in total. The first-order valence-corrected chi connectivity index (χ1v) is 6.75. The molecule has 3 N–H and O–H groups in total. The van der Waals surface area contributed by atoms with Gasteiger partial charge in [0.25, 0.3) is 0 Å². The maximum atomic E-state index is 11.7. The summed E-state index contributed by atoms with van der Waals surface area (Å²) in [6.07, 6.45) is 3.22. The minimum atomic E-state index is -0.726. The van der Waals surface area contributed by atoms with Gasteiger partial charge in [-0.2, -0.15) is 0 Å². The molecule has 0 aliphatic carbocycles. The molecular weight excluding hydrogens is 214 g/mol. The van der Waals surface area contributed by atoms with Crippen LogP contribution in [0.1, 0.15) is 40.0 Å². The van der Waals surface area contributed by atoms with E-state index in [1.807, 2.05) is 6.92 Å². The van der Waals surface area contributed by atoms with E-state index in [-0.39, 0.29) is 5.91 Å². The summed E-state index contributed by atoms with van der Waals surface area (Å²) in [6.45, 7) is 9.99. The highest BCUT2D eigenvalue weighted by Crippen LogP contribution is 2.15. The number of rotatable bonds is 5. The number of hydrogen-bond donors (Lipinski definition) is 2. The Morgan fingerprint density at radius 3 is 2.59 bits per heavy atom. The second-order valence-corrected chi connectivity index (χ2v) is 5.55. The van der Waals surface area contributed by atoms with Crippen LogP contribution in [0.3, 0.4) is 0 Å². The molecule has 1 fully saturated rings. The number of likely N-dealkylation sites (tertiary alicyclic amines) is 1. The summed E-state index contributed by atoms with van der Waals surface area (Å²) in [6, 6.07) is 0. The molecule has 1 saturated heterocycles. The molecule has 17 heavy (non-hydrogen) atoms. The van der Waals surface area contributed by atoms with Crippen molar-refractivity contribution < 1.29 is 4.79 Å². The molecule has 1 unspecified atom stereocenters. The van der Waals surface area contributed by atoms with Crippen LogP contribution < -0.4 is 11.1 Å². The number of nitrogens with zero attached hydrogens (tertiary/aromatic N) is 1. The van der Waals surface area contributed by atoms with Crippen molar-refractivity contribution in [3.63, 3.8) is 0 Å². The number of hydrogen-bond acceptors (Lipinski definition) is 3. The third-order valence-corrected chi connectivity index (χ3v) is 3.84. The van der Waals surface area contributed by atoms with Gasteiger partial charge in [-0.15, -0.1) is 0 Å². The fraction of sp³-hybridized carbons (Fsp3) is 0.923. The van der Waals surface area contributed by atoms with Gasteiger partial charge in [-0.05, 0) is 45.2 Å². The monoisotopic (exact) mass is 241 g/mol. The summed E-state index contributed by atoms with van der Waals surface area (Å²) in [5, 5.41) is 2.93. The zero-order valence-electron chi connectivity index (χ0n) is 11.5. The maximum absolute atomic E-state index is 11.7. The van der Waals surface area contributed by atoms with Gasteiger partial charge in [0.05, 0.1) is 5.54 Å². The van der Waals surface area contributed by atoms with Crippen LogP contribution in [0, 0.1) is 5.92 Å². The Kier molecular flexibility index (Phi) is 5.40. The average Bonchev–Trinajstić information content (AvgIpc) is 2.31. The number of carbonyl (C=O) groups excluding carboxylic acids is 1. The number of nitrogens with one attached hydrogen (secondary N) is 1. The molecule has 1 aliphatic heterocycles. The van der Waals surface area contributed by atoms with Crippen LogP contribution in [0.25, 0.3) is 0 Å². The van der Waals surface area contributed by atoms with E-state index in [1.54, 1.807) is 6.92 Å². The highest BCUT2D eigenvalue weighted by atomic mass is 16.2. The van der Waals surface area contributed by atoms with Crippen LogP contribution in [0.2, 0.25) is 0 Å². The summed E-state index contributed by atoms with van der Waals surface area (Å²) in [4.78, 5) is 14.2. The SMILES string of the molecule is CCC(C)(N)C(=O)NCCN1CCC(C)CC1. The molecular formula is C13H27N3O. The van der Waals surface area contributed by atoms with Crippen molar-refractivity contribution in [3.05, 3.63) is 0 Å². The first kappa shape index (κ1) is 14.5. The Morgan fingerprint density at radius 1 is 1.47 bits per heavy atom. The van der Waals surface area contributed by atoms with Gasteiger partial charge >= 0.3 is 0 Å². The molecule has 4 heteroatoms. The number of amides is 1. The van der Waals surface area contributed by atoms with E-state index in [2.05, 4.69) is 17.1 Å². The second-order valence-electron chi connectivity index (χ2n) is 5.55. The molecule has 1 rings (SSSR count). The Bertz CT molecular complexity index is 245. The third kappa shape index (κ3) is 4.64. The van der Waals surface area contributed by atoms with Gasteiger partial charge in [-0.25, -0.2) is 0 Å². The predicted molar refractivity (Wildman–Crippen MR) is 70.7 cm³/mol. The van der Waals surface area contributed by atoms with E-state index in [4.69, 9.17) is 5.73 Å². The van der Waals surface area contributed by atoms with Crippen LogP contribution in [0.4, 0.5) is 0 Å². The van der Waals surface area contributed by atoms with Crippen molar-refractivity contribution in [3.8, 4) is 0 Å². The molecule has 0 aromatic heterocycles. The van der Waals surface area contributed by atoms with Gasteiger partial charge in [0, 0.05) is 13.1 Å². The van der Waals surface area contributed by atoms with Crippen LogP contribution in [-0.2, 0) is 4.79 Å². The predicted octanol–water partition coefficient (Wildman–Crippen LogP) is 0.962. The van der Waals surface area contributed by atoms with Gasteiger partial charge < -0.3 is 16.0 Å². The summed E-state index contributed by atoms with van der Waals surface area (Å²) < 4.78 is 0. The first-order valence-electron chi connectivity index (χ1n) is 6.75. The first-order chi connectivity index (χ1) is 7.95. The molecule has 0 bridgehead atoms. The molecule has 0 spiro atoms. The summed E-state index contributed by atoms with van der Waals surface area (Å²) >= 11 is 0. The van der Waals surface area contributed by atoms with Crippen LogP contribution >= 0.6 is 0 Å². The molecule has 1 aliphatic rings. The molecule has 100 valence electrons. The topological polar surface area (TPSA) is 58.4 Å². The van der Waals surface area contributed by atoms with Crippen molar-refractivity contribution in [2.75, 3.05) is 26.2 Å². The lowest BCUT2D eigenvalue weighted by Gasteiger charge is -2.30. The molecule has 1 amide bonds. The molecule has 0 saturated carbocycles. The lowest BCUT2D eigenvalue weighted by atomic mass is 9.99. The second kappa shape index (κ2) is 6.36. The van der Waals surface area contributed by atoms with Crippen molar-refractivity contribution in [2.24, 2.45) is 11.7 Å². The van der Waals surface area contributed by atoms with E-state index in [1.165, 1.54) is 12.8 Å². The molecule has 1 atom stereocenters. The lowest BCUT2D eigenvalue weighted by Crippen LogP contribution is -2.52. The van der Waals surface area contributed by atoms with Crippen LogP contribution in [0.5, 0.6) is 0 Å². The zero-order valence-corrected chi connectivity index (χ0v) is 11.5. The Labute approximate surface area is 105 Å². The zero-order chi connectivity index (χ0) is 12.9. The number of nitrogens with two attached hydrogens (primary N) is 1. The lowest BCUT2D eigenvalue weighted by molar-refractivity contribution is -0.125. The molecule has 1 heterocycles. The fourth-order valence-electron chi connectivity index (χ4n) is 1.98. The van der Waals surface area contributed by atoms with Crippen LogP contribution in [0.15, 0.2) is 0 Å². The van der Waals surface area contributed by atoms with Crippen molar-refractivity contribution >= 4 is 5.91 Å². The smallest absolute Gasteiger partial charge is 0.239 e. The van der Waals surface area contributed by atoms with Crippen molar-refractivity contribution in [1.82, 2.24) is 10.2 Å². The highest BCUT2D eigenvalue weighted by Gasteiger charge is 2.25. The normalized spacial score (nSPS) is 22.1. The third-order valence-electron chi connectivity index (χ3n) is 3.84. The maximum Gasteiger partial charge on any atom is 0.239 e. The van der Waals surface area contributed by atoms with E-state index in [0.717, 1.165) is 25.6 Å².